The molecule has 8 heteroatoms. The van der Waals surface area contributed by atoms with Crippen LogP contribution in [0.5, 0.6) is 0 Å². The fourth-order valence-electron chi connectivity index (χ4n) is 2.22. The van der Waals surface area contributed by atoms with Crippen LogP contribution in [0.25, 0.3) is 11.0 Å². The van der Waals surface area contributed by atoms with Gasteiger partial charge in [-0.1, -0.05) is 0 Å². The van der Waals surface area contributed by atoms with E-state index in [4.69, 9.17) is 4.74 Å². The van der Waals surface area contributed by atoms with Crippen LogP contribution < -0.4 is 0 Å². The van der Waals surface area contributed by atoms with Gasteiger partial charge in [-0.2, -0.15) is 9.40 Å². The SMILES string of the molecule is CS(=O)(=O)N1CCO[C@H](c2[nH]nc3ncccc23)C1. The quantitative estimate of drug-likeness (QED) is 0.855. The third kappa shape index (κ3) is 2.34. The number of morpholine rings is 1. The van der Waals surface area contributed by atoms with Crippen molar-refractivity contribution in [2.45, 2.75) is 6.10 Å². The molecule has 3 rings (SSSR count). The molecule has 0 bridgehead atoms. The number of fused-ring (bicyclic) bond motifs is 1. The lowest BCUT2D eigenvalue weighted by Crippen LogP contribution is -2.41. The summed E-state index contributed by atoms with van der Waals surface area (Å²) in [6.45, 7) is 1.06. The van der Waals surface area contributed by atoms with Gasteiger partial charge in [-0.15, -0.1) is 0 Å². The second-order valence-corrected chi connectivity index (χ2v) is 6.47. The van der Waals surface area contributed by atoms with E-state index in [0.29, 0.717) is 25.3 Å². The van der Waals surface area contributed by atoms with Crippen molar-refractivity contribution in [1.29, 1.82) is 0 Å². The van der Waals surface area contributed by atoms with Crippen LogP contribution in [0.1, 0.15) is 11.8 Å². The highest BCUT2D eigenvalue weighted by Crippen LogP contribution is 2.26. The number of hydrogen-bond donors (Lipinski definition) is 1. The molecule has 0 aliphatic carbocycles. The van der Waals surface area contributed by atoms with E-state index in [9.17, 15) is 8.42 Å². The van der Waals surface area contributed by atoms with Crippen LogP contribution in [0.3, 0.4) is 0 Å². The molecule has 1 aliphatic rings. The number of pyridine rings is 1. The summed E-state index contributed by atoms with van der Waals surface area (Å²) in [5.74, 6) is 0. The molecule has 19 heavy (non-hydrogen) atoms. The Labute approximate surface area is 110 Å². The highest BCUT2D eigenvalue weighted by atomic mass is 32.2. The molecule has 1 aliphatic heterocycles. The average Bonchev–Trinajstić information content (AvgIpc) is 2.82. The van der Waals surface area contributed by atoms with E-state index in [1.807, 2.05) is 12.1 Å². The standard InChI is InChI=1S/C11H14N4O3S/c1-19(16,17)15-5-6-18-9(7-15)10-8-3-2-4-12-11(8)14-13-10/h2-4,9H,5-7H2,1H3,(H,12,13,14)/t9-/m0/s1. The summed E-state index contributed by atoms with van der Waals surface area (Å²) < 4.78 is 30.3. The van der Waals surface area contributed by atoms with E-state index < -0.39 is 10.0 Å². The van der Waals surface area contributed by atoms with Crippen LogP contribution in [0, 0.1) is 0 Å². The number of hydrogen-bond acceptors (Lipinski definition) is 5. The summed E-state index contributed by atoms with van der Waals surface area (Å²) in [6, 6.07) is 3.71. The molecular formula is C11H14N4O3S. The van der Waals surface area contributed by atoms with Crippen molar-refractivity contribution in [3.8, 4) is 0 Å². The molecule has 3 heterocycles. The zero-order valence-corrected chi connectivity index (χ0v) is 11.2. The molecule has 0 unspecified atom stereocenters. The molecular weight excluding hydrogens is 268 g/mol. The van der Waals surface area contributed by atoms with E-state index in [1.165, 1.54) is 10.6 Å². The van der Waals surface area contributed by atoms with Gasteiger partial charge in [-0.05, 0) is 12.1 Å². The Morgan fingerprint density at radius 1 is 1.53 bits per heavy atom. The summed E-state index contributed by atoms with van der Waals surface area (Å²) in [5.41, 5.74) is 1.38. The highest BCUT2D eigenvalue weighted by molar-refractivity contribution is 7.88. The minimum atomic E-state index is -3.20. The second-order valence-electron chi connectivity index (χ2n) is 4.49. The first kappa shape index (κ1) is 12.5. The van der Waals surface area contributed by atoms with Crippen molar-refractivity contribution in [1.82, 2.24) is 19.5 Å². The first-order valence-electron chi connectivity index (χ1n) is 5.91. The molecule has 1 N–H and O–H groups in total. The van der Waals surface area contributed by atoms with Crippen LogP contribution in [-0.4, -0.2) is 53.9 Å². The van der Waals surface area contributed by atoms with Gasteiger partial charge in [-0.3, -0.25) is 5.10 Å². The summed E-state index contributed by atoms with van der Waals surface area (Å²) in [7, 11) is -3.20. The minimum Gasteiger partial charge on any atom is -0.369 e. The lowest BCUT2D eigenvalue weighted by molar-refractivity contribution is -0.00397. The fraction of sp³-hybridized carbons (Fsp3) is 0.455. The van der Waals surface area contributed by atoms with Crippen molar-refractivity contribution in [2.24, 2.45) is 0 Å². The Hall–Kier alpha value is -1.51. The number of sulfonamides is 1. The molecule has 102 valence electrons. The molecule has 0 spiro atoms. The normalized spacial score (nSPS) is 21.8. The fourth-order valence-corrected chi connectivity index (χ4v) is 3.03. The van der Waals surface area contributed by atoms with Crippen molar-refractivity contribution in [3.05, 3.63) is 24.0 Å². The molecule has 7 nitrogen and oxygen atoms in total. The van der Waals surface area contributed by atoms with Gasteiger partial charge in [0, 0.05) is 24.7 Å². The van der Waals surface area contributed by atoms with Crippen molar-refractivity contribution in [3.63, 3.8) is 0 Å². The molecule has 1 atom stereocenters. The number of nitrogens with zero attached hydrogens (tertiary/aromatic N) is 3. The van der Waals surface area contributed by atoms with Gasteiger partial charge in [-0.25, -0.2) is 13.4 Å². The maximum absolute atomic E-state index is 11.6. The summed E-state index contributed by atoms with van der Waals surface area (Å²) in [5, 5.41) is 7.86. The van der Waals surface area contributed by atoms with Crippen LogP contribution >= 0.6 is 0 Å². The zero-order chi connectivity index (χ0) is 13.5. The summed E-state index contributed by atoms with van der Waals surface area (Å²) in [4.78, 5) is 4.13. The number of aromatic amines is 1. The van der Waals surface area contributed by atoms with Gasteiger partial charge in [0.1, 0.15) is 6.10 Å². The Bertz CT molecular complexity index is 697. The van der Waals surface area contributed by atoms with E-state index >= 15 is 0 Å². The van der Waals surface area contributed by atoms with E-state index in [1.54, 1.807) is 6.20 Å². The predicted molar refractivity (Wildman–Crippen MR) is 69.0 cm³/mol. The monoisotopic (exact) mass is 282 g/mol. The Kier molecular flexibility index (Phi) is 3.00. The topological polar surface area (TPSA) is 88.2 Å². The minimum absolute atomic E-state index is 0.297. The van der Waals surface area contributed by atoms with E-state index in [2.05, 4.69) is 15.2 Å². The lowest BCUT2D eigenvalue weighted by Gasteiger charge is -2.30. The van der Waals surface area contributed by atoms with E-state index in [-0.39, 0.29) is 6.10 Å². The van der Waals surface area contributed by atoms with Gasteiger partial charge < -0.3 is 4.74 Å². The third-order valence-corrected chi connectivity index (χ3v) is 4.45. The Morgan fingerprint density at radius 2 is 2.37 bits per heavy atom. The predicted octanol–water partition coefficient (Wildman–Crippen LogP) is 0.291. The maximum atomic E-state index is 11.6. The van der Waals surface area contributed by atoms with Gasteiger partial charge in [0.25, 0.3) is 0 Å². The van der Waals surface area contributed by atoms with Gasteiger partial charge in [0.2, 0.25) is 10.0 Å². The van der Waals surface area contributed by atoms with Crippen LogP contribution in [0.2, 0.25) is 0 Å². The number of aromatic nitrogens is 3. The van der Waals surface area contributed by atoms with Crippen LogP contribution in [0.15, 0.2) is 18.3 Å². The summed E-state index contributed by atoms with van der Waals surface area (Å²) in [6.07, 6.45) is 2.54. The summed E-state index contributed by atoms with van der Waals surface area (Å²) >= 11 is 0. The molecule has 1 fully saturated rings. The smallest absolute Gasteiger partial charge is 0.211 e. The number of H-pyrrole nitrogens is 1. The number of rotatable bonds is 2. The zero-order valence-electron chi connectivity index (χ0n) is 10.4. The van der Waals surface area contributed by atoms with Crippen molar-refractivity contribution < 1.29 is 13.2 Å². The van der Waals surface area contributed by atoms with Gasteiger partial charge in [0.15, 0.2) is 5.65 Å². The van der Waals surface area contributed by atoms with Gasteiger partial charge >= 0.3 is 0 Å². The van der Waals surface area contributed by atoms with Crippen molar-refractivity contribution in [2.75, 3.05) is 26.0 Å². The average molecular weight is 282 g/mol. The Balaban J connectivity index is 1.94. The molecule has 0 radical (unpaired) electrons. The Morgan fingerprint density at radius 3 is 3.16 bits per heavy atom. The first-order chi connectivity index (χ1) is 9.05. The van der Waals surface area contributed by atoms with Gasteiger partial charge in [0.05, 0.1) is 18.6 Å². The first-order valence-corrected chi connectivity index (χ1v) is 7.76. The molecule has 2 aromatic rings. The molecule has 0 saturated carbocycles. The third-order valence-electron chi connectivity index (χ3n) is 3.18. The van der Waals surface area contributed by atoms with E-state index in [0.717, 1.165) is 11.1 Å². The molecule has 0 amide bonds. The van der Waals surface area contributed by atoms with Crippen molar-refractivity contribution >= 4 is 21.1 Å². The van der Waals surface area contributed by atoms with Crippen LogP contribution in [0.4, 0.5) is 0 Å². The maximum Gasteiger partial charge on any atom is 0.211 e. The largest absolute Gasteiger partial charge is 0.369 e. The molecule has 2 aromatic heterocycles. The number of ether oxygens (including phenoxy) is 1. The molecule has 0 aromatic carbocycles. The lowest BCUT2D eigenvalue weighted by atomic mass is 10.1. The second kappa shape index (κ2) is 4.55. The van der Waals surface area contributed by atoms with Crippen LogP contribution in [-0.2, 0) is 14.8 Å². The highest BCUT2D eigenvalue weighted by Gasteiger charge is 2.29. The molecule has 1 saturated heterocycles. The number of nitrogens with one attached hydrogen (secondary N) is 1.